The van der Waals surface area contributed by atoms with Crippen molar-refractivity contribution >= 4 is 17.6 Å². The summed E-state index contributed by atoms with van der Waals surface area (Å²) >= 11 is 0. The van der Waals surface area contributed by atoms with E-state index in [4.69, 9.17) is 4.74 Å². The third-order valence-corrected chi connectivity index (χ3v) is 6.30. The molecule has 1 amide bonds. The molecule has 5 nitrogen and oxygen atoms in total. The lowest BCUT2D eigenvalue weighted by Gasteiger charge is -2.34. The van der Waals surface area contributed by atoms with Gasteiger partial charge in [0.15, 0.2) is 0 Å². The minimum Gasteiger partial charge on any atom is -0.457 e. The maximum absolute atomic E-state index is 14.9. The third kappa shape index (κ3) is 7.94. The van der Waals surface area contributed by atoms with Crippen molar-refractivity contribution < 1.29 is 45.4 Å². The Morgan fingerprint density at radius 3 is 1.95 bits per heavy atom. The molecule has 0 bridgehead atoms. The van der Waals surface area contributed by atoms with Crippen molar-refractivity contribution in [2.75, 3.05) is 4.90 Å². The van der Waals surface area contributed by atoms with E-state index in [0.717, 1.165) is 24.3 Å². The Morgan fingerprint density at radius 2 is 1.37 bits per heavy atom. The van der Waals surface area contributed by atoms with Gasteiger partial charge in [0.25, 0.3) is 0 Å². The van der Waals surface area contributed by atoms with Gasteiger partial charge in [-0.3, -0.25) is 9.59 Å². The Morgan fingerprint density at radius 1 is 0.767 bits per heavy atom. The smallest absolute Gasteiger partial charge is 0.457 e. The summed E-state index contributed by atoms with van der Waals surface area (Å²) in [7, 11) is 0. The molecule has 224 valence electrons. The number of anilines is 1. The summed E-state index contributed by atoms with van der Waals surface area (Å²) in [6.07, 6.45) is -10.6. The van der Waals surface area contributed by atoms with E-state index in [2.05, 4.69) is 4.74 Å². The Bertz CT molecular complexity index is 1540. The number of rotatable bonds is 11. The third-order valence-electron chi connectivity index (χ3n) is 6.30. The van der Waals surface area contributed by atoms with Crippen LogP contribution in [0, 0.1) is 11.6 Å². The Hall–Kier alpha value is -4.80. The van der Waals surface area contributed by atoms with Crippen LogP contribution in [-0.2, 0) is 14.3 Å². The van der Waals surface area contributed by atoms with Crippen molar-refractivity contribution in [3.05, 3.63) is 131 Å². The monoisotopic (exact) mass is 601 g/mol. The highest BCUT2D eigenvalue weighted by Gasteiger charge is 2.44. The maximum atomic E-state index is 14.9. The molecule has 0 aliphatic rings. The van der Waals surface area contributed by atoms with Gasteiger partial charge in [0.2, 0.25) is 5.91 Å². The molecule has 11 heteroatoms. The van der Waals surface area contributed by atoms with Gasteiger partial charge in [-0.15, -0.1) is 0 Å². The van der Waals surface area contributed by atoms with Crippen LogP contribution in [0.5, 0.6) is 5.75 Å². The maximum Gasteiger partial charge on any atom is 0.461 e. The van der Waals surface area contributed by atoms with Gasteiger partial charge in [-0.1, -0.05) is 60.7 Å². The number of amides is 1. The molecule has 2 unspecified atom stereocenters. The zero-order chi connectivity index (χ0) is 31.1. The number of carbonyl (C=O) groups excluding carboxylic acids is 2. The highest BCUT2D eigenvalue weighted by Crippen LogP contribution is 2.38. The number of hydrogen-bond acceptors (Lipinski definition) is 4. The lowest BCUT2D eigenvalue weighted by Crippen LogP contribution is -2.37. The van der Waals surface area contributed by atoms with Gasteiger partial charge in [-0.25, -0.2) is 8.78 Å². The lowest BCUT2D eigenvalue weighted by atomic mass is 9.94. The molecule has 0 heterocycles. The van der Waals surface area contributed by atoms with Crippen molar-refractivity contribution in [1.29, 1.82) is 0 Å². The highest BCUT2D eigenvalue weighted by atomic mass is 19.3. The van der Waals surface area contributed by atoms with E-state index in [1.165, 1.54) is 24.0 Å². The zero-order valence-electron chi connectivity index (χ0n) is 22.6. The topological polar surface area (TPSA) is 55.8 Å². The van der Waals surface area contributed by atoms with E-state index >= 15 is 0 Å². The first-order chi connectivity index (χ1) is 20.4. The molecule has 2 atom stereocenters. The molecule has 0 aromatic heterocycles. The van der Waals surface area contributed by atoms with Crippen LogP contribution < -0.4 is 9.64 Å². The van der Waals surface area contributed by atoms with Gasteiger partial charge in [-0.05, 0) is 53.1 Å². The van der Waals surface area contributed by atoms with Gasteiger partial charge in [-0.2, -0.15) is 17.6 Å². The zero-order valence-corrected chi connectivity index (χ0v) is 22.6. The molecule has 4 aromatic rings. The predicted octanol–water partition coefficient (Wildman–Crippen LogP) is 8.02. The Labute approximate surface area is 243 Å². The van der Waals surface area contributed by atoms with Crippen LogP contribution in [0.3, 0.4) is 0 Å². The molecular formula is C32H25F6NO4. The molecule has 4 rings (SSSR count). The van der Waals surface area contributed by atoms with E-state index in [1.807, 2.05) is 0 Å². The van der Waals surface area contributed by atoms with Gasteiger partial charge < -0.3 is 14.4 Å². The van der Waals surface area contributed by atoms with E-state index < -0.39 is 60.4 Å². The second-order valence-corrected chi connectivity index (χ2v) is 9.45. The summed E-state index contributed by atoms with van der Waals surface area (Å²) in [5.74, 6) is -3.98. The minimum atomic E-state index is -4.93. The molecule has 0 fully saturated rings. The average molecular weight is 602 g/mol. The van der Waals surface area contributed by atoms with Crippen LogP contribution in [0.4, 0.5) is 32.0 Å². The SMILES string of the molecule is CC(=O)OC(CC(=O)N(c1ccccc1)C(c1ccc(F)cc1)c1cc(F)cc(OC(F)(F)C(F)F)c1)c1ccccc1. The second kappa shape index (κ2) is 13.5. The molecule has 4 aromatic carbocycles. The molecule has 0 aliphatic heterocycles. The van der Waals surface area contributed by atoms with E-state index in [0.29, 0.717) is 11.6 Å². The quantitative estimate of drug-likeness (QED) is 0.129. The van der Waals surface area contributed by atoms with Crippen LogP contribution in [-0.4, -0.2) is 24.4 Å². The largest absolute Gasteiger partial charge is 0.461 e. The molecule has 0 N–H and O–H groups in total. The van der Waals surface area contributed by atoms with Crippen molar-refractivity contribution in [3.63, 3.8) is 0 Å². The average Bonchev–Trinajstić information content (AvgIpc) is 2.96. The van der Waals surface area contributed by atoms with Crippen LogP contribution >= 0.6 is 0 Å². The molecule has 0 radical (unpaired) electrons. The Kier molecular flexibility index (Phi) is 9.74. The van der Waals surface area contributed by atoms with Gasteiger partial charge >= 0.3 is 18.5 Å². The number of benzene rings is 4. The Balaban J connectivity index is 1.87. The fourth-order valence-electron chi connectivity index (χ4n) is 4.52. The van der Waals surface area contributed by atoms with Gasteiger partial charge in [0, 0.05) is 18.7 Å². The van der Waals surface area contributed by atoms with Crippen LogP contribution in [0.15, 0.2) is 103 Å². The molecule has 43 heavy (non-hydrogen) atoms. The first-order valence-electron chi connectivity index (χ1n) is 12.9. The number of hydrogen-bond donors (Lipinski definition) is 0. The molecule has 0 aliphatic carbocycles. The van der Waals surface area contributed by atoms with E-state index in [1.54, 1.807) is 60.7 Å². The molecule has 0 spiro atoms. The minimum absolute atomic E-state index is 0.146. The fraction of sp³-hybridized carbons (Fsp3) is 0.188. The van der Waals surface area contributed by atoms with Crippen molar-refractivity contribution in [2.24, 2.45) is 0 Å². The molecular weight excluding hydrogens is 576 g/mol. The second-order valence-electron chi connectivity index (χ2n) is 9.45. The first-order valence-corrected chi connectivity index (χ1v) is 12.9. The highest BCUT2D eigenvalue weighted by molar-refractivity contribution is 5.95. The number of nitrogens with zero attached hydrogens (tertiary/aromatic N) is 1. The summed E-state index contributed by atoms with van der Waals surface area (Å²) in [5, 5.41) is 0. The van der Waals surface area contributed by atoms with Crippen LogP contribution in [0.25, 0.3) is 0 Å². The number of carbonyl (C=O) groups is 2. The summed E-state index contributed by atoms with van der Waals surface area (Å²) < 4.78 is 91.7. The molecule has 0 saturated heterocycles. The number of ether oxygens (including phenoxy) is 2. The first kappa shape index (κ1) is 31.1. The van der Waals surface area contributed by atoms with E-state index in [9.17, 15) is 35.9 Å². The van der Waals surface area contributed by atoms with Gasteiger partial charge in [0.1, 0.15) is 23.5 Å². The summed E-state index contributed by atoms with van der Waals surface area (Å²) in [5.41, 5.74) is 0.848. The fourth-order valence-corrected chi connectivity index (χ4v) is 4.52. The number of halogens is 6. The summed E-state index contributed by atoms with van der Waals surface area (Å²) in [4.78, 5) is 27.3. The summed E-state index contributed by atoms with van der Waals surface area (Å²) in [6, 6.07) is 22.2. The predicted molar refractivity (Wildman–Crippen MR) is 146 cm³/mol. The van der Waals surface area contributed by atoms with Crippen LogP contribution in [0.1, 0.15) is 42.2 Å². The number of esters is 1. The standard InChI is InChI=1S/C32H25F6NO4/c1-20(40)42-28(21-8-4-2-5-9-21)19-29(41)39(26-10-6-3-7-11-26)30(22-12-14-24(33)15-13-22)23-16-25(34)18-27(17-23)43-32(37,38)31(35)36/h2-18,28,30-31H,19H2,1H3. The van der Waals surface area contributed by atoms with Crippen molar-refractivity contribution in [2.45, 2.75) is 38.0 Å². The number of para-hydroxylation sites is 1. The van der Waals surface area contributed by atoms with Crippen molar-refractivity contribution in [3.8, 4) is 5.75 Å². The van der Waals surface area contributed by atoms with Gasteiger partial charge in [0.05, 0.1) is 12.5 Å². The lowest BCUT2D eigenvalue weighted by molar-refractivity contribution is -0.253. The number of alkyl halides is 4. The van der Waals surface area contributed by atoms with E-state index in [-0.39, 0.29) is 16.8 Å². The summed E-state index contributed by atoms with van der Waals surface area (Å²) in [6.45, 7) is 1.18. The van der Waals surface area contributed by atoms with Crippen LogP contribution in [0.2, 0.25) is 0 Å². The van der Waals surface area contributed by atoms with Crippen molar-refractivity contribution in [1.82, 2.24) is 0 Å². The normalized spacial score (nSPS) is 12.8. The molecule has 0 saturated carbocycles.